The molecule has 0 aromatic heterocycles. The summed E-state index contributed by atoms with van der Waals surface area (Å²) in [4.78, 5) is 32.6. The molecule has 0 amide bonds. The number of carbonyl (C=O) groups excluding carboxylic acids is 3. The summed E-state index contributed by atoms with van der Waals surface area (Å²) in [6, 6.07) is 4.36. The van der Waals surface area contributed by atoms with Gasteiger partial charge in [-0.05, 0) is 26.0 Å². The average Bonchev–Trinajstić information content (AvgIpc) is 2.16. The third-order valence-electron chi connectivity index (χ3n) is 1.92. The van der Waals surface area contributed by atoms with E-state index in [4.69, 9.17) is 0 Å². The van der Waals surface area contributed by atoms with Crippen LogP contribution in [0.15, 0.2) is 18.2 Å². The number of carbonyl (C=O) groups is 2. The summed E-state index contributed by atoms with van der Waals surface area (Å²) >= 11 is 0. The Balaban J connectivity index is 3.34. The van der Waals surface area contributed by atoms with Gasteiger partial charge in [0.1, 0.15) is 0 Å². The molecule has 1 aromatic carbocycles. The Bertz CT molecular complexity index is 405. The summed E-state index contributed by atoms with van der Waals surface area (Å²) in [5.41, 5.74) is 0.865. The summed E-state index contributed by atoms with van der Waals surface area (Å²) in [7, 11) is 0. The van der Waals surface area contributed by atoms with E-state index >= 15 is 0 Å². The lowest BCUT2D eigenvalue weighted by Crippen LogP contribution is -2.02. The highest BCUT2D eigenvalue weighted by Gasteiger charge is 2.09. The van der Waals surface area contributed by atoms with Gasteiger partial charge in [-0.3, -0.25) is 14.4 Å². The maximum Gasteiger partial charge on any atom is 0.234 e. The Labute approximate surface area is 81.7 Å². The molecule has 0 aliphatic rings. The predicted molar refractivity (Wildman–Crippen MR) is 51.2 cm³/mol. The lowest BCUT2D eigenvalue weighted by Gasteiger charge is -2.01. The van der Waals surface area contributed by atoms with E-state index < -0.39 is 0 Å². The Morgan fingerprint density at radius 1 is 1.14 bits per heavy atom. The Morgan fingerprint density at radius 3 is 2.21 bits per heavy atom. The minimum atomic E-state index is -0.244. The molecule has 0 unspecified atom stereocenters. The van der Waals surface area contributed by atoms with Gasteiger partial charge in [-0.2, -0.15) is 0 Å². The molecule has 0 spiro atoms. The highest BCUT2D eigenvalue weighted by molar-refractivity contribution is 6.04. The second kappa shape index (κ2) is 3.96. The van der Waals surface area contributed by atoms with Crippen LogP contribution in [-0.2, 0) is 4.79 Å². The molecule has 3 heteroatoms. The van der Waals surface area contributed by atoms with Crippen LogP contribution >= 0.6 is 0 Å². The zero-order valence-corrected chi connectivity index (χ0v) is 7.96. The van der Waals surface area contributed by atoms with Gasteiger partial charge in [-0.15, -0.1) is 0 Å². The Morgan fingerprint density at radius 2 is 1.79 bits per heavy atom. The standard InChI is InChI=1S/C11H9O3/c1-7(13)9-3-4-10(6-12)11(5-9)8(2)14/h3-5H,1-2H3. The van der Waals surface area contributed by atoms with Gasteiger partial charge in [-0.25, -0.2) is 0 Å². The molecule has 0 N–H and O–H groups in total. The van der Waals surface area contributed by atoms with Crippen molar-refractivity contribution in [3.63, 3.8) is 0 Å². The van der Waals surface area contributed by atoms with Gasteiger partial charge in [0.25, 0.3) is 0 Å². The number of rotatable bonds is 3. The molecular formula is C11H9O3. The highest BCUT2D eigenvalue weighted by atomic mass is 16.1. The molecule has 0 atom stereocenters. The van der Waals surface area contributed by atoms with Crippen LogP contribution in [0.3, 0.4) is 0 Å². The number of hydrogen-bond acceptors (Lipinski definition) is 3. The van der Waals surface area contributed by atoms with Crippen LogP contribution in [0.4, 0.5) is 0 Å². The van der Waals surface area contributed by atoms with Crippen molar-refractivity contribution in [1.82, 2.24) is 0 Å². The van der Waals surface area contributed by atoms with Crippen molar-refractivity contribution in [3.8, 4) is 0 Å². The van der Waals surface area contributed by atoms with Crippen molar-refractivity contribution in [1.29, 1.82) is 0 Å². The summed E-state index contributed by atoms with van der Waals surface area (Å²) in [5.74, 6) is -0.378. The van der Waals surface area contributed by atoms with Gasteiger partial charge in [0.15, 0.2) is 11.6 Å². The largest absolute Gasteiger partial charge is 0.295 e. The Hall–Kier alpha value is -1.77. The molecule has 14 heavy (non-hydrogen) atoms. The summed E-state index contributed by atoms with van der Waals surface area (Å²) in [6.45, 7) is 2.75. The van der Waals surface area contributed by atoms with Gasteiger partial charge < -0.3 is 0 Å². The van der Waals surface area contributed by atoms with Gasteiger partial charge >= 0.3 is 0 Å². The molecule has 0 heterocycles. The molecule has 3 nitrogen and oxygen atoms in total. The molecule has 0 fully saturated rings. The van der Waals surface area contributed by atoms with Crippen LogP contribution in [0.25, 0.3) is 0 Å². The zero-order chi connectivity index (χ0) is 10.7. The fourth-order valence-electron chi connectivity index (χ4n) is 1.14. The van der Waals surface area contributed by atoms with Crippen LogP contribution < -0.4 is 0 Å². The van der Waals surface area contributed by atoms with Crippen LogP contribution in [0.1, 0.15) is 40.1 Å². The van der Waals surface area contributed by atoms with E-state index in [0.717, 1.165) is 0 Å². The molecular weight excluding hydrogens is 180 g/mol. The summed E-state index contributed by atoms with van der Waals surface area (Å²) in [5, 5.41) is 0. The van der Waals surface area contributed by atoms with Gasteiger partial charge in [-0.1, -0.05) is 6.07 Å². The van der Waals surface area contributed by atoms with E-state index in [1.165, 1.54) is 32.0 Å². The van der Waals surface area contributed by atoms with Crippen molar-refractivity contribution in [2.45, 2.75) is 13.8 Å². The zero-order valence-electron chi connectivity index (χ0n) is 7.96. The minimum Gasteiger partial charge on any atom is -0.295 e. The third kappa shape index (κ3) is 1.93. The smallest absolute Gasteiger partial charge is 0.234 e. The second-order valence-corrected chi connectivity index (χ2v) is 2.97. The summed E-state index contributed by atoms with van der Waals surface area (Å²) < 4.78 is 0. The molecule has 0 bridgehead atoms. The first-order valence-electron chi connectivity index (χ1n) is 4.10. The predicted octanol–water partition coefficient (Wildman–Crippen LogP) is 1.55. The monoisotopic (exact) mass is 189 g/mol. The van der Waals surface area contributed by atoms with Crippen molar-refractivity contribution in [3.05, 3.63) is 34.9 Å². The van der Waals surface area contributed by atoms with Gasteiger partial charge in [0.05, 0.1) is 0 Å². The first-order chi connectivity index (χ1) is 6.56. The van der Waals surface area contributed by atoms with Crippen LogP contribution in [0.5, 0.6) is 0 Å². The normalized spacial score (nSPS) is 9.57. The lowest BCUT2D eigenvalue weighted by molar-refractivity contribution is 0.101. The number of Topliss-reactive ketones (excluding diaryl/α,β-unsaturated/α-hetero) is 2. The third-order valence-corrected chi connectivity index (χ3v) is 1.92. The molecule has 0 aliphatic carbocycles. The number of ketones is 2. The first-order valence-corrected chi connectivity index (χ1v) is 4.10. The van der Waals surface area contributed by atoms with E-state index in [1.807, 2.05) is 0 Å². The molecule has 1 rings (SSSR count). The van der Waals surface area contributed by atoms with Crippen molar-refractivity contribution < 1.29 is 14.4 Å². The molecule has 0 saturated heterocycles. The van der Waals surface area contributed by atoms with Gasteiger partial charge in [0, 0.05) is 16.7 Å². The van der Waals surface area contributed by atoms with Crippen LogP contribution in [0, 0.1) is 0 Å². The molecule has 0 aliphatic heterocycles. The number of hydrogen-bond donors (Lipinski definition) is 0. The highest BCUT2D eigenvalue weighted by Crippen LogP contribution is 2.11. The molecule has 71 valence electrons. The Kier molecular flexibility index (Phi) is 2.92. The van der Waals surface area contributed by atoms with Crippen molar-refractivity contribution in [2.24, 2.45) is 0 Å². The van der Waals surface area contributed by atoms with Gasteiger partial charge in [0.2, 0.25) is 6.29 Å². The van der Waals surface area contributed by atoms with Crippen LogP contribution in [-0.4, -0.2) is 17.9 Å². The topological polar surface area (TPSA) is 51.2 Å². The molecule has 0 saturated carbocycles. The molecule has 1 aromatic rings. The maximum absolute atomic E-state index is 11.1. The fourth-order valence-corrected chi connectivity index (χ4v) is 1.14. The minimum absolute atomic E-state index is 0.134. The first kappa shape index (κ1) is 10.3. The fraction of sp³-hybridized carbons (Fsp3) is 0.182. The van der Waals surface area contributed by atoms with Crippen LogP contribution in [0.2, 0.25) is 0 Å². The number of benzene rings is 1. The maximum atomic E-state index is 11.1. The van der Waals surface area contributed by atoms with E-state index in [2.05, 4.69) is 0 Å². The van der Waals surface area contributed by atoms with Crippen molar-refractivity contribution >= 4 is 17.9 Å². The lowest BCUT2D eigenvalue weighted by atomic mass is 10.0. The average molecular weight is 189 g/mol. The summed E-state index contributed by atoms with van der Waals surface area (Å²) in [6.07, 6.45) is 1.66. The van der Waals surface area contributed by atoms with Crippen molar-refractivity contribution in [2.75, 3.05) is 0 Å². The molecule has 1 radical (unpaired) electrons. The van der Waals surface area contributed by atoms with E-state index in [9.17, 15) is 14.4 Å². The quantitative estimate of drug-likeness (QED) is 0.678. The second-order valence-electron chi connectivity index (χ2n) is 2.97. The van der Waals surface area contributed by atoms with E-state index in [1.54, 1.807) is 6.29 Å². The van der Waals surface area contributed by atoms with E-state index in [-0.39, 0.29) is 22.7 Å². The van der Waals surface area contributed by atoms with E-state index in [0.29, 0.717) is 5.56 Å². The SMILES string of the molecule is CC(=O)c1ccc([C]=O)c(C(C)=O)c1.